The number of aromatic nitrogens is 1. The second-order valence-electron chi connectivity index (χ2n) is 8.29. The van der Waals surface area contributed by atoms with Crippen molar-refractivity contribution in [3.05, 3.63) is 59.4 Å². The molecule has 1 N–H and O–H groups in total. The minimum atomic E-state index is -0.764. The molecule has 180 valence electrons. The van der Waals surface area contributed by atoms with Crippen molar-refractivity contribution in [2.75, 3.05) is 53.6 Å². The summed E-state index contributed by atoms with van der Waals surface area (Å²) in [6, 6.07) is 7.42. The number of hydrogen-bond acceptors (Lipinski definition) is 7. The highest BCUT2D eigenvalue weighted by Gasteiger charge is 2.44. The summed E-state index contributed by atoms with van der Waals surface area (Å²) >= 11 is 0. The van der Waals surface area contributed by atoms with Crippen molar-refractivity contribution in [2.24, 2.45) is 0 Å². The molecule has 2 aliphatic rings. The van der Waals surface area contributed by atoms with Crippen LogP contribution in [-0.4, -0.2) is 75.2 Å². The number of methoxy groups -OCH3 is 2. The van der Waals surface area contributed by atoms with E-state index in [0.29, 0.717) is 30.0 Å². The van der Waals surface area contributed by atoms with Gasteiger partial charge in [0.05, 0.1) is 40.0 Å². The Balaban J connectivity index is 1.67. The van der Waals surface area contributed by atoms with Crippen LogP contribution < -0.4 is 19.5 Å². The maximum Gasteiger partial charge on any atom is 0.295 e. The quantitative estimate of drug-likeness (QED) is 0.321. The SMILES string of the molecule is COc1ccc(C([O-])=C2C(=O)C(=O)N(CCC[NH+]3CCOCC3)C2c2ccncc2)cc1OC. The highest BCUT2D eigenvalue weighted by atomic mass is 16.5. The van der Waals surface area contributed by atoms with E-state index in [1.54, 1.807) is 36.7 Å². The van der Waals surface area contributed by atoms with E-state index >= 15 is 0 Å². The summed E-state index contributed by atoms with van der Waals surface area (Å²) in [7, 11) is 2.98. The summed E-state index contributed by atoms with van der Waals surface area (Å²) in [5, 5.41) is 13.6. The number of ether oxygens (including phenoxy) is 3. The highest BCUT2D eigenvalue weighted by molar-refractivity contribution is 6.46. The predicted octanol–water partition coefficient (Wildman–Crippen LogP) is -0.372. The minimum Gasteiger partial charge on any atom is -0.872 e. The maximum atomic E-state index is 13.6. The van der Waals surface area contributed by atoms with E-state index in [4.69, 9.17) is 14.2 Å². The van der Waals surface area contributed by atoms with Crippen LogP contribution in [0.1, 0.15) is 23.6 Å². The molecule has 9 nitrogen and oxygen atoms in total. The molecule has 9 heteroatoms. The van der Waals surface area contributed by atoms with Gasteiger partial charge in [-0.1, -0.05) is 11.8 Å². The first kappa shape index (κ1) is 23.7. The standard InChI is InChI=1S/C25H29N3O6/c1-32-19-5-4-18(16-20(19)33-2)23(29)21-22(17-6-8-26-9-7-17)28(25(31)24(21)30)11-3-10-27-12-14-34-15-13-27/h4-9,16,22,29H,3,10-15H2,1-2H3. The van der Waals surface area contributed by atoms with Gasteiger partial charge in [0.25, 0.3) is 5.91 Å². The Bertz CT molecular complexity index is 1070. The number of nitrogens with one attached hydrogen (secondary N) is 1. The van der Waals surface area contributed by atoms with Gasteiger partial charge in [-0.3, -0.25) is 14.6 Å². The number of pyridine rings is 1. The number of rotatable bonds is 8. The Kier molecular flexibility index (Phi) is 7.44. The topological polar surface area (TPSA) is 105 Å². The van der Waals surface area contributed by atoms with E-state index in [-0.39, 0.29) is 11.1 Å². The van der Waals surface area contributed by atoms with Crippen LogP contribution >= 0.6 is 0 Å². The third-order valence-electron chi connectivity index (χ3n) is 6.33. The number of ketones is 1. The normalized spacial score (nSPS) is 20.5. The lowest BCUT2D eigenvalue weighted by atomic mass is 9.95. The average Bonchev–Trinajstić information content (AvgIpc) is 3.14. The molecule has 0 saturated carbocycles. The van der Waals surface area contributed by atoms with Crippen molar-refractivity contribution in [3.8, 4) is 11.5 Å². The molecule has 2 aliphatic heterocycles. The molecule has 0 bridgehead atoms. The van der Waals surface area contributed by atoms with Crippen LogP contribution in [-0.2, 0) is 14.3 Å². The van der Waals surface area contributed by atoms with Crippen molar-refractivity contribution < 1.29 is 33.8 Å². The van der Waals surface area contributed by atoms with E-state index in [9.17, 15) is 14.7 Å². The van der Waals surface area contributed by atoms with Crippen LogP contribution in [0.3, 0.4) is 0 Å². The van der Waals surface area contributed by atoms with Crippen molar-refractivity contribution in [2.45, 2.75) is 12.5 Å². The molecular weight excluding hydrogens is 438 g/mol. The fraction of sp³-hybridized carbons (Fsp3) is 0.400. The molecule has 2 saturated heterocycles. The Hall–Kier alpha value is -3.43. The van der Waals surface area contributed by atoms with Crippen LogP contribution in [0.2, 0.25) is 0 Å². The van der Waals surface area contributed by atoms with Gasteiger partial charge >= 0.3 is 0 Å². The van der Waals surface area contributed by atoms with Gasteiger partial charge in [0, 0.05) is 30.9 Å². The predicted molar refractivity (Wildman–Crippen MR) is 121 cm³/mol. The van der Waals surface area contributed by atoms with Gasteiger partial charge in [-0.05, 0) is 35.4 Å². The van der Waals surface area contributed by atoms with E-state index in [1.165, 1.54) is 30.1 Å². The summed E-state index contributed by atoms with van der Waals surface area (Å²) in [6.07, 6.45) is 3.90. The first-order chi connectivity index (χ1) is 16.5. The van der Waals surface area contributed by atoms with E-state index < -0.39 is 23.5 Å². The molecule has 3 heterocycles. The van der Waals surface area contributed by atoms with Gasteiger partial charge in [0.2, 0.25) is 5.78 Å². The summed E-state index contributed by atoms with van der Waals surface area (Å²) < 4.78 is 16.0. The van der Waals surface area contributed by atoms with Gasteiger partial charge in [-0.25, -0.2) is 0 Å². The molecule has 2 fully saturated rings. The second-order valence-corrected chi connectivity index (χ2v) is 8.29. The van der Waals surface area contributed by atoms with E-state index in [1.807, 2.05) is 0 Å². The third kappa shape index (κ3) is 4.76. The summed E-state index contributed by atoms with van der Waals surface area (Å²) in [6.45, 7) is 4.56. The number of carbonyl (C=O) groups excluding carboxylic acids is 2. The molecule has 0 aliphatic carbocycles. The smallest absolute Gasteiger partial charge is 0.295 e. The molecule has 0 spiro atoms. The van der Waals surface area contributed by atoms with Gasteiger partial charge in [0.1, 0.15) is 13.1 Å². The van der Waals surface area contributed by atoms with Crippen molar-refractivity contribution in [1.82, 2.24) is 9.88 Å². The number of likely N-dealkylation sites (tertiary alicyclic amines) is 1. The van der Waals surface area contributed by atoms with Crippen LogP contribution in [0.5, 0.6) is 11.5 Å². The molecule has 1 aromatic carbocycles. The van der Waals surface area contributed by atoms with Crippen LogP contribution in [0.25, 0.3) is 5.76 Å². The van der Waals surface area contributed by atoms with Crippen molar-refractivity contribution in [1.29, 1.82) is 0 Å². The second kappa shape index (κ2) is 10.7. The molecular formula is C25H29N3O6. The molecule has 34 heavy (non-hydrogen) atoms. The number of benzene rings is 1. The van der Waals surface area contributed by atoms with Gasteiger partial charge in [-0.15, -0.1) is 0 Å². The minimum absolute atomic E-state index is 0.0536. The molecule has 1 amide bonds. The van der Waals surface area contributed by atoms with Gasteiger partial charge in [0.15, 0.2) is 11.5 Å². The first-order valence-corrected chi connectivity index (χ1v) is 11.3. The average molecular weight is 468 g/mol. The van der Waals surface area contributed by atoms with Gasteiger partial charge in [-0.2, -0.15) is 0 Å². The molecule has 2 aromatic rings. The summed E-state index contributed by atoms with van der Waals surface area (Å²) in [5.74, 6) is -1.07. The summed E-state index contributed by atoms with van der Waals surface area (Å²) in [4.78, 5) is 33.1. The molecule has 4 rings (SSSR count). The number of quaternary nitrogens is 1. The first-order valence-electron chi connectivity index (χ1n) is 11.3. The number of nitrogens with zero attached hydrogens (tertiary/aromatic N) is 2. The zero-order valence-electron chi connectivity index (χ0n) is 19.4. The zero-order chi connectivity index (χ0) is 24.1. The number of carbonyl (C=O) groups is 2. The number of amides is 1. The summed E-state index contributed by atoms with van der Waals surface area (Å²) in [5.41, 5.74) is 0.881. The largest absolute Gasteiger partial charge is 0.872 e. The lowest BCUT2D eigenvalue weighted by Gasteiger charge is -2.29. The fourth-order valence-electron chi connectivity index (χ4n) is 4.54. The molecule has 1 unspecified atom stereocenters. The molecule has 0 radical (unpaired) electrons. The molecule has 1 aromatic heterocycles. The number of morpholine rings is 1. The van der Waals surface area contributed by atoms with Crippen LogP contribution in [0, 0.1) is 0 Å². The van der Waals surface area contributed by atoms with Crippen molar-refractivity contribution >= 4 is 17.4 Å². The van der Waals surface area contributed by atoms with Crippen LogP contribution in [0.4, 0.5) is 0 Å². The van der Waals surface area contributed by atoms with Crippen molar-refractivity contribution in [3.63, 3.8) is 0 Å². The van der Waals surface area contributed by atoms with Crippen LogP contribution in [0.15, 0.2) is 48.3 Å². The Morgan fingerprint density at radius 2 is 1.82 bits per heavy atom. The lowest BCUT2D eigenvalue weighted by Crippen LogP contribution is -3.14. The monoisotopic (exact) mass is 467 g/mol. The maximum absolute atomic E-state index is 13.6. The fourth-order valence-corrected chi connectivity index (χ4v) is 4.54. The number of Topliss-reactive ketones (excluding diaryl/α,β-unsaturated/α-hetero) is 1. The third-order valence-corrected chi connectivity index (χ3v) is 6.33. The highest BCUT2D eigenvalue weighted by Crippen LogP contribution is 2.39. The Morgan fingerprint density at radius 3 is 2.50 bits per heavy atom. The number of hydrogen-bond donors (Lipinski definition) is 1. The van der Waals surface area contributed by atoms with Gasteiger partial charge < -0.3 is 29.1 Å². The Labute approximate surface area is 198 Å². The van der Waals surface area contributed by atoms with E-state index in [0.717, 1.165) is 32.8 Å². The Morgan fingerprint density at radius 1 is 1.12 bits per heavy atom. The molecule has 1 atom stereocenters. The lowest BCUT2D eigenvalue weighted by molar-refractivity contribution is -0.908. The zero-order valence-corrected chi connectivity index (χ0v) is 19.4. The van der Waals surface area contributed by atoms with E-state index in [2.05, 4.69) is 4.98 Å².